The third kappa shape index (κ3) is 5.61. The number of hydrogen-bond donors (Lipinski definition) is 2. The number of carbonyl (C=O) groups is 1. The Morgan fingerprint density at radius 2 is 2.22 bits per heavy atom. The number of methoxy groups -OCH3 is 1. The van der Waals surface area contributed by atoms with Gasteiger partial charge in [0.15, 0.2) is 0 Å². The Bertz CT molecular complexity index is 613. The van der Waals surface area contributed by atoms with Crippen molar-refractivity contribution in [3.8, 4) is 0 Å². The Morgan fingerprint density at radius 3 is 2.87 bits per heavy atom. The minimum Gasteiger partial charge on any atom is -0.383 e. The summed E-state index contributed by atoms with van der Waals surface area (Å²) >= 11 is 1.70. The monoisotopic (exact) mass is 334 g/mol. The minimum absolute atomic E-state index is 0.143. The normalized spacial score (nSPS) is 10.5. The molecule has 0 radical (unpaired) electrons. The van der Waals surface area contributed by atoms with Crippen LogP contribution in [0.2, 0.25) is 0 Å². The Balaban J connectivity index is 1.77. The van der Waals surface area contributed by atoms with Gasteiger partial charge in [0.25, 0.3) is 5.91 Å². The number of aryl methyl sites for hydroxylation is 1. The number of nitrogens with zero attached hydrogens (tertiary/aromatic N) is 2. The second kappa shape index (κ2) is 9.22. The Kier molecular flexibility index (Phi) is 6.96. The molecule has 2 N–H and O–H groups in total. The Hall–Kier alpha value is -1.99. The molecule has 0 unspecified atom stereocenters. The highest BCUT2D eigenvalue weighted by Crippen LogP contribution is 2.11. The minimum atomic E-state index is -0.143. The van der Waals surface area contributed by atoms with E-state index in [-0.39, 0.29) is 5.91 Å². The van der Waals surface area contributed by atoms with E-state index in [4.69, 9.17) is 4.74 Å². The van der Waals surface area contributed by atoms with Crippen LogP contribution in [-0.4, -0.2) is 42.7 Å². The molecular formula is C16H22N4O2S. The van der Waals surface area contributed by atoms with Crippen molar-refractivity contribution in [3.63, 3.8) is 0 Å². The van der Waals surface area contributed by atoms with E-state index in [2.05, 4.69) is 32.9 Å². The van der Waals surface area contributed by atoms with E-state index in [0.717, 1.165) is 30.9 Å². The van der Waals surface area contributed by atoms with Gasteiger partial charge in [-0.2, -0.15) is 0 Å². The lowest BCUT2D eigenvalue weighted by atomic mass is 10.2. The molecule has 1 amide bonds. The molecule has 0 bridgehead atoms. The van der Waals surface area contributed by atoms with Crippen LogP contribution in [0, 0.1) is 0 Å². The molecule has 2 heterocycles. The Labute approximate surface area is 140 Å². The highest BCUT2D eigenvalue weighted by Gasteiger charge is 2.05. The average Bonchev–Trinajstić information content (AvgIpc) is 3.03. The summed E-state index contributed by atoms with van der Waals surface area (Å²) in [4.78, 5) is 20.6. The van der Waals surface area contributed by atoms with Crippen molar-refractivity contribution in [1.82, 2.24) is 15.3 Å². The summed E-state index contributed by atoms with van der Waals surface area (Å²) in [6, 6.07) is 3.57. The zero-order valence-electron chi connectivity index (χ0n) is 13.5. The topological polar surface area (TPSA) is 76.1 Å². The molecule has 124 valence electrons. The van der Waals surface area contributed by atoms with Crippen LogP contribution in [0.5, 0.6) is 0 Å². The van der Waals surface area contributed by atoms with Gasteiger partial charge < -0.3 is 15.4 Å². The quantitative estimate of drug-likeness (QED) is 0.687. The highest BCUT2D eigenvalue weighted by molar-refractivity contribution is 7.09. The van der Waals surface area contributed by atoms with Crippen molar-refractivity contribution in [2.24, 2.45) is 0 Å². The lowest BCUT2D eigenvalue weighted by molar-refractivity contribution is 0.0937. The lowest BCUT2D eigenvalue weighted by Crippen LogP contribution is -2.27. The second-order valence-corrected chi connectivity index (χ2v) is 5.89. The summed E-state index contributed by atoms with van der Waals surface area (Å²) in [5.74, 6) is 0.611. The highest BCUT2D eigenvalue weighted by atomic mass is 32.1. The lowest BCUT2D eigenvalue weighted by Gasteiger charge is -2.06. The second-order valence-electron chi connectivity index (χ2n) is 4.94. The van der Waals surface area contributed by atoms with Gasteiger partial charge in [0, 0.05) is 38.2 Å². The van der Waals surface area contributed by atoms with E-state index in [9.17, 15) is 4.79 Å². The fourth-order valence-corrected chi connectivity index (χ4v) is 2.73. The van der Waals surface area contributed by atoms with Crippen LogP contribution in [0.15, 0.2) is 23.7 Å². The third-order valence-corrected chi connectivity index (χ3v) is 4.25. The van der Waals surface area contributed by atoms with Crippen molar-refractivity contribution >= 4 is 23.1 Å². The van der Waals surface area contributed by atoms with Crippen molar-refractivity contribution in [2.75, 3.05) is 32.1 Å². The number of hydrogen-bond acceptors (Lipinski definition) is 6. The van der Waals surface area contributed by atoms with E-state index in [1.165, 1.54) is 5.01 Å². The van der Waals surface area contributed by atoms with Gasteiger partial charge in [-0.05, 0) is 18.6 Å². The number of amides is 1. The van der Waals surface area contributed by atoms with Gasteiger partial charge in [0.1, 0.15) is 5.82 Å². The molecule has 7 heteroatoms. The van der Waals surface area contributed by atoms with Crippen LogP contribution in [0.25, 0.3) is 0 Å². The zero-order chi connectivity index (χ0) is 16.5. The number of pyridine rings is 1. The molecule has 0 atom stereocenters. The molecule has 2 rings (SSSR count). The van der Waals surface area contributed by atoms with Crippen LogP contribution in [0.3, 0.4) is 0 Å². The summed E-state index contributed by atoms with van der Waals surface area (Å²) in [6.07, 6.45) is 3.41. The van der Waals surface area contributed by atoms with E-state index < -0.39 is 0 Å². The van der Waals surface area contributed by atoms with Gasteiger partial charge >= 0.3 is 0 Å². The van der Waals surface area contributed by atoms with Crippen molar-refractivity contribution in [3.05, 3.63) is 40.0 Å². The van der Waals surface area contributed by atoms with Gasteiger partial charge in [-0.1, -0.05) is 6.92 Å². The first-order chi connectivity index (χ1) is 11.2. The van der Waals surface area contributed by atoms with Crippen molar-refractivity contribution in [1.29, 1.82) is 0 Å². The summed E-state index contributed by atoms with van der Waals surface area (Å²) < 4.78 is 4.89. The first-order valence-corrected chi connectivity index (χ1v) is 8.51. The maximum Gasteiger partial charge on any atom is 0.252 e. The summed E-state index contributed by atoms with van der Waals surface area (Å²) in [5.41, 5.74) is 1.65. The third-order valence-electron chi connectivity index (χ3n) is 3.21. The molecule has 0 aliphatic carbocycles. The molecule has 0 saturated carbocycles. The Morgan fingerprint density at radius 1 is 1.35 bits per heavy atom. The molecular weight excluding hydrogens is 312 g/mol. The molecule has 23 heavy (non-hydrogen) atoms. The molecule has 0 aliphatic heterocycles. The number of ether oxygens (including phenoxy) is 1. The molecule has 0 saturated heterocycles. The fraction of sp³-hybridized carbons (Fsp3) is 0.438. The fourth-order valence-electron chi connectivity index (χ4n) is 1.95. The SMILES string of the molecule is CCc1nc(CCNc2ccc(C(=O)NCCOC)cn2)cs1. The molecule has 0 aromatic carbocycles. The molecule has 0 fully saturated rings. The summed E-state index contributed by atoms with van der Waals surface area (Å²) in [7, 11) is 1.60. The van der Waals surface area contributed by atoms with E-state index >= 15 is 0 Å². The number of carbonyl (C=O) groups excluding carboxylic acids is 1. The van der Waals surface area contributed by atoms with Crippen LogP contribution in [0.4, 0.5) is 5.82 Å². The molecule has 2 aromatic rings. The molecule has 0 aliphatic rings. The van der Waals surface area contributed by atoms with Gasteiger partial charge in [0.05, 0.1) is 22.9 Å². The molecule has 0 spiro atoms. The maximum atomic E-state index is 11.8. The van der Waals surface area contributed by atoms with E-state index in [0.29, 0.717) is 18.7 Å². The van der Waals surface area contributed by atoms with E-state index in [1.807, 2.05) is 6.07 Å². The molecule has 2 aromatic heterocycles. The maximum absolute atomic E-state index is 11.8. The first-order valence-electron chi connectivity index (χ1n) is 7.63. The van der Waals surface area contributed by atoms with Gasteiger partial charge in [-0.25, -0.2) is 9.97 Å². The number of nitrogens with one attached hydrogen (secondary N) is 2. The van der Waals surface area contributed by atoms with Crippen LogP contribution in [0.1, 0.15) is 28.0 Å². The molecule has 6 nitrogen and oxygen atoms in total. The summed E-state index contributed by atoms with van der Waals surface area (Å²) in [5, 5.41) is 9.27. The number of aromatic nitrogens is 2. The number of anilines is 1. The van der Waals surface area contributed by atoms with Crippen LogP contribution in [-0.2, 0) is 17.6 Å². The average molecular weight is 334 g/mol. The number of thiazole rings is 1. The van der Waals surface area contributed by atoms with E-state index in [1.54, 1.807) is 30.7 Å². The van der Waals surface area contributed by atoms with Crippen molar-refractivity contribution in [2.45, 2.75) is 19.8 Å². The zero-order valence-corrected chi connectivity index (χ0v) is 14.3. The van der Waals surface area contributed by atoms with Gasteiger partial charge in [-0.3, -0.25) is 4.79 Å². The summed E-state index contributed by atoms with van der Waals surface area (Å²) in [6.45, 7) is 3.86. The van der Waals surface area contributed by atoms with Crippen molar-refractivity contribution < 1.29 is 9.53 Å². The predicted octanol–water partition coefficient (Wildman–Crippen LogP) is 2.13. The number of rotatable bonds is 9. The smallest absolute Gasteiger partial charge is 0.252 e. The van der Waals surface area contributed by atoms with Crippen LogP contribution >= 0.6 is 11.3 Å². The predicted molar refractivity (Wildman–Crippen MR) is 92.1 cm³/mol. The van der Waals surface area contributed by atoms with Gasteiger partial charge in [0.2, 0.25) is 0 Å². The standard InChI is InChI=1S/C16H22N4O2S/c1-3-15-20-13(11-23-15)6-7-17-14-5-4-12(10-19-14)16(21)18-8-9-22-2/h4-5,10-11H,3,6-9H2,1-2H3,(H,17,19)(H,18,21). The first kappa shape index (κ1) is 17.4. The largest absolute Gasteiger partial charge is 0.383 e. The van der Waals surface area contributed by atoms with Crippen LogP contribution < -0.4 is 10.6 Å². The van der Waals surface area contributed by atoms with Gasteiger partial charge in [-0.15, -0.1) is 11.3 Å².